The highest BCUT2D eigenvalue weighted by molar-refractivity contribution is 5.82. The van der Waals surface area contributed by atoms with E-state index in [4.69, 9.17) is 4.74 Å². The number of nitrogens with zero attached hydrogens (tertiary/aromatic N) is 1. The number of carbonyl (C=O) groups is 1. The first-order valence-electron chi connectivity index (χ1n) is 9.78. The Morgan fingerprint density at radius 3 is 2.36 bits per heavy atom. The molecule has 28 heavy (non-hydrogen) atoms. The number of allylic oxidation sites excluding steroid dienone is 1. The predicted molar refractivity (Wildman–Crippen MR) is 114 cm³/mol. The van der Waals surface area contributed by atoms with Crippen molar-refractivity contribution in [2.45, 2.75) is 39.8 Å². The van der Waals surface area contributed by atoms with Crippen LogP contribution in [0, 0.1) is 0 Å². The molecule has 1 aliphatic heterocycles. The summed E-state index contributed by atoms with van der Waals surface area (Å²) in [5.74, 6) is 0. The van der Waals surface area contributed by atoms with Crippen LogP contribution in [-0.4, -0.2) is 23.6 Å². The van der Waals surface area contributed by atoms with Crippen LogP contribution in [0.5, 0.6) is 0 Å². The molecule has 0 aromatic heterocycles. The smallest absolute Gasteiger partial charge is 0.410 e. The van der Waals surface area contributed by atoms with Crippen LogP contribution in [0.3, 0.4) is 0 Å². The lowest BCUT2D eigenvalue weighted by molar-refractivity contribution is 0.143. The van der Waals surface area contributed by atoms with Crippen molar-refractivity contribution in [3.8, 4) is 0 Å². The number of hydrogen-bond donors (Lipinski definition) is 0. The number of ether oxygens (including phenoxy) is 1. The molecule has 1 unspecified atom stereocenters. The SMILES string of the molecule is CC/C=C(/C(=C=C(C)C)c1ccccc1)C1CN(Cc2ccccc2)C(=O)O1. The van der Waals surface area contributed by atoms with Crippen molar-refractivity contribution in [3.63, 3.8) is 0 Å². The summed E-state index contributed by atoms with van der Waals surface area (Å²) in [7, 11) is 0. The number of rotatable bonds is 6. The Labute approximate surface area is 167 Å². The average Bonchev–Trinajstić information content (AvgIpc) is 3.06. The maximum absolute atomic E-state index is 12.5. The van der Waals surface area contributed by atoms with Gasteiger partial charge in [0.15, 0.2) is 0 Å². The van der Waals surface area contributed by atoms with Gasteiger partial charge in [0.2, 0.25) is 0 Å². The van der Waals surface area contributed by atoms with Crippen LogP contribution in [0.4, 0.5) is 4.79 Å². The lowest BCUT2D eigenvalue weighted by Crippen LogP contribution is -2.25. The van der Waals surface area contributed by atoms with E-state index in [2.05, 4.69) is 30.9 Å². The van der Waals surface area contributed by atoms with Crippen LogP contribution >= 0.6 is 0 Å². The summed E-state index contributed by atoms with van der Waals surface area (Å²) in [4.78, 5) is 14.3. The summed E-state index contributed by atoms with van der Waals surface area (Å²) in [6, 6.07) is 20.2. The van der Waals surface area contributed by atoms with Gasteiger partial charge < -0.3 is 4.74 Å². The second kappa shape index (κ2) is 9.25. The maximum Gasteiger partial charge on any atom is 0.410 e. The second-order valence-corrected chi connectivity index (χ2v) is 7.17. The summed E-state index contributed by atoms with van der Waals surface area (Å²) in [6.07, 6.45) is 2.46. The van der Waals surface area contributed by atoms with Crippen molar-refractivity contribution in [1.82, 2.24) is 4.90 Å². The van der Waals surface area contributed by atoms with E-state index < -0.39 is 0 Å². The Hall–Kier alpha value is -3.03. The van der Waals surface area contributed by atoms with Gasteiger partial charge in [0.25, 0.3) is 0 Å². The van der Waals surface area contributed by atoms with Crippen LogP contribution in [0.1, 0.15) is 38.3 Å². The zero-order valence-electron chi connectivity index (χ0n) is 16.8. The number of hydrogen-bond acceptors (Lipinski definition) is 2. The Morgan fingerprint density at radius 1 is 1.11 bits per heavy atom. The summed E-state index contributed by atoms with van der Waals surface area (Å²) < 4.78 is 5.79. The highest BCUT2D eigenvalue weighted by atomic mass is 16.6. The van der Waals surface area contributed by atoms with Gasteiger partial charge >= 0.3 is 6.09 Å². The molecule has 3 nitrogen and oxygen atoms in total. The van der Waals surface area contributed by atoms with Crippen molar-refractivity contribution in [2.24, 2.45) is 0 Å². The summed E-state index contributed by atoms with van der Waals surface area (Å²) in [6.45, 7) is 7.27. The molecule has 2 aromatic rings. The zero-order valence-corrected chi connectivity index (χ0v) is 16.8. The predicted octanol–water partition coefficient (Wildman–Crippen LogP) is 5.99. The Balaban J connectivity index is 1.91. The highest BCUT2D eigenvalue weighted by Gasteiger charge is 2.34. The molecule has 0 spiro atoms. The molecule has 1 aliphatic rings. The molecule has 0 saturated carbocycles. The summed E-state index contributed by atoms with van der Waals surface area (Å²) in [5, 5.41) is 0. The summed E-state index contributed by atoms with van der Waals surface area (Å²) >= 11 is 0. The van der Waals surface area contributed by atoms with Gasteiger partial charge in [-0.3, -0.25) is 4.90 Å². The molecule has 144 valence electrons. The van der Waals surface area contributed by atoms with Gasteiger partial charge in [-0.05, 0) is 37.0 Å². The van der Waals surface area contributed by atoms with Gasteiger partial charge in [-0.2, -0.15) is 0 Å². The number of cyclic esters (lactones) is 1. The summed E-state index contributed by atoms with van der Waals surface area (Å²) in [5.41, 5.74) is 8.80. The normalized spacial score (nSPS) is 16.5. The molecule has 0 N–H and O–H groups in total. The van der Waals surface area contributed by atoms with Crippen molar-refractivity contribution < 1.29 is 9.53 Å². The van der Waals surface area contributed by atoms with Crippen LogP contribution in [0.25, 0.3) is 5.57 Å². The first-order valence-corrected chi connectivity index (χ1v) is 9.78. The molecule has 1 heterocycles. The van der Waals surface area contributed by atoms with Crippen molar-refractivity contribution in [2.75, 3.05) is 6.54 Å². The Bertz CT molecular complexity index is 902. The van der Waals surface area contributed by atoms with Crippen molar-refractivity contribution in [1.29, 1.82) is 0 Å². The first-order chi connectivity index (χ1) is 13.6. The molecular weight excluding hydrogens is 346 g/mol. The highest BCUT2D eigenvalue weighted by Crippen LogP contribution is 2.31. The fourth-order valence-electron chi connectivity index (χ4n) is 3.38. The molecule has 3 heteroatoms. The minimum Gasteiger partial charge on any atom is -0.439 e. The Morgan fingerprint density at radius 2 is 1.75 bits per heavy atom. The maximum atomic E-state index is 12.5. The quantitative estimate of drug-likeness (QED) is 0.459. The topological polar surface area (TPSA) is 29.5 Å². The third-order valence-corrected chi connectivity index (χ3v) is 4.60. The molecule has 2 aromatic carbocycles. The van der Waals surface area contributed by atoms with Crippen LogP contribution < -0.4 is 0 Å². The van der Waals surface area contributed by atoms with E-state index in [0.717, 1.165) is 34.3 Å². The standard InChI is InChI=1S/C25H27NO2/c1-4-11-22(23(16-19(2)3)21-14-9-6-10-15-21)24-18-26(25(27)28-24)17-20-12-7-5-8-13-20/h5-15,24H,4,17-18H2,1-3H3/b22-11-. The third kappa shape index (κ3) is 4.82. The minimum absolute atomic E-state index is 0.263. The molecule has 0 radical (unpaired) electrons. The van der Waals surface area contributed by atoms with E-state index in [1.54, 1.807) is 4.90 Å². The van der Waals surface area contributed by atoms with Crippen LogP contribution in [-0.2, 0) is 11.3 Å². The van der Waals surface area contributed by atoms with Crippen molar-refractivity contribution >= 4 is 11.7 Å². The first kappa shape index (κ1) is 19.7. The molecule has 0 aliphatic carbocycles. The largest absolute Gasteiger partial charge is 0.439 e. The van der Waals surface area contributed by atoms with Gasteiger partial charge in [0.05, 0.1) is 6.54 Å². The number of carbonyl (C=O) groups excluding carboxylic acids is 1. The average molecular weight is 373 g/mol. The van der Waals surface area contributed by atoms with E-state index in [1.165, 1.54) is 0 Å². The monoisotopic (exact) mass is 373 g/mol. The molecule has 1 amide bonds. The molecular formula is C25H27NO2. The van der Waals surface area contributed by atoms with E-state index in [1.807, 2.05) is 62.4 Å². The van der Waals surface area contributed by atoms with E-state index >= 15 is 0 Å². The minimum atomic E-state index is -0.293. The van der Waals surface area contributed by atoms with Gasteiger partial charge in [-0.1, -0.05) is 73.7 Å². The third-order valence-electron chi connectivity index (χ3n) is 4.60. The lowest BCUT2D eigenvalue weighted by atomic mass is 9.93. The molecule has 3 rings (SSSR count). The van der Waals surface area contributed by atoms with E-state index in [9.17, 15) is 4.79 Å². The number of benzene rings is 2. The number of amides is 1. The van der Waals surface area contributed by atoms with Gasteiger partial charge in [0, 0.05) is 17.7 Å². The van der Waals surface area contributed by atoms with Crippen molar-refractivity contribution in [3.05, 3.63) is 94.7 Å². The fourth-order valence-corrected chi connectivity index (χ4v) is 3.38. The zero-order chi connectivity index (χ0) is 19.9. The second-order valence-electron chi connectivity index (χ2n) is 7.17. The molecule has 0 bridgehead atoms. The molecule has 1 fully saturated rings. The van der Waals surface area contributed by atoms with Crippen LogP contribution in [0.15, 0.2) is 83.6 Å². The van der Waals surface area contributed by atoms with Gasteiger partial charge in [-0.25, -0.2) is 4.79 Å². The van der Waals surface area contributed by atoms with Crippen LogP contribution in [0.2, 0.25) is 0 Å². The van der Waals surface area contributed by atoms with E-state index in [0.29, 0.717) is 13.1 Å². The lowest BCUT2D eigenvalue weighted by Gasteiger charge is -2.17. The van der Waals surface area contributed by atoms with Gasteiger partial charge in [-0.15, -0.1) is 5.73 Å². The molecule has 1 atom stereocenters. The molecule has 1 saturated heterocycles. The fraction of sp³-hybridized carbons (Fsp3) is 0.280. The van der Waals surface area contributed by atoms with E-state index in [-0.39, 0.29) is 12.2 Å². The Kier molecular flexibility index (Phi) is 6.52. The van der Waals surface area contributed by atoms with Gasteiger partial charge in [0.1, 0.15) is 6.10 Å².